The van der Waals surface area contributed by atoms with Crippen LogP contribution in [0.5, 0.6) is 0 Å². The Morgan fingerprint density at radius 1 is 1.14 bits per heavy atom. The molecule has 1 aromatic carbocycles. The number of benzene rings is 1. The van der Waals surface area contributed by atoms with E-state index in [9.17, 15) is 0 Å². The van der Waals surface area contributed by atoms with Crippen LogP contribution in [0.15, 0.2) is 30.3 Å². The molecule has 0 atom stereocenters. The molecule has 4 heteroatoms. The third-order valence-electron chi connectivity index (χ3n) is 4.17. The van der Waals surface area contributed by atoms with Gasteiger partial charge in [0.15, 0.2) is 0 Å². The summed E-state index contributed by atoms with van der Waals surface area (Å²) < 4.78 is 0. The number of likely N-dealkylation sites (N-methyl/N-ethyl adjacent to an activating group) is 1. The van der Waals surface area contributed by atoms with Crippen molar-refractivity contribution in [2.75, 3.05) is 45.2 Å². The molecular formula is C17H24N4. The van der Waals surface area contributed by atoms with E-state index in [-0.39, 0.29) is 0 Å². The number of fused-ring (bicyclic) bond motifs is 1. The second-order valence-electron chi connectivity index (χ2n) is 5.84. The Bertz CT molecular complexity index is 611. The van der Waals surface area contributed by atoms with Gasteiger partial charge in [0.05, 0.1) is 5.52 Å². The third kappa shape index (κ3) is 3.17. The first kappa shape index (κ1) is 14.3. The summed E-state index contributed by atoms with van der Waals surface area (Å²) in [4.78, 5) is 9.80. The zero-order valence-corrected chi connectivity index (χ0v) is 13.0. The lowest BCUT2D eigenvalue weighted by molar-refractivity contribution is 0.360. The highest BCUT2D eigenvalue weighted by molar-refractivity contribution is 5.81. The van der Waals surface area contributed by atoms with E-state index in [1.807, 2.05) is 7.05 Å². The van der Waals surface area contributed by atoms with Gasteiger partial charge in [-0.15, -0.1) is 0 Å². The lowest BCUT2D eigenvalue weighted by Crippen LogP contribution is -2.30. The van der Waals surface area contributed by atoms with Crippen LogP contribution in [0.25, 0.3) is 10.9 Å². The van der Waals surface area contributed by atoms with Crippen molar-refractivity contribution in [2.45, 2.75) is 13.0 Å². The molecule has 0 aliphatic carbocycles. The average Bonchev–Trinajstić information content (AvgIpc) is 2.72. The van der Waals surface area contributed by atoms with Crippen LogP contribution in [0.3, 0.4) is 0 Å². The second-order valence-corrected chi connectivity index (χ2v) is 5.84. The number of pyridine rings is 1. The first-order valence-electron chi connectivity index (χ1n) is 7.74. The molecule has 0 spiro atoms. The summed E-state index contributed by atoms with van der Waals surface area (Å²) in [5.41, 5.74) is 2.38. The molecule has 2 aromatic rings. The summed E-state index contributed by atoms with van der Waals surface area (Å²) in [7, 11) is 4.20. The van der Waals surface area contributed by atoms with E-state index in [2.05, 4.69) is 52.5 Å². The molecule has 0 amide bonds. The third-order valence-corrected chi connectivity index (χ3v) is 4.17. The minimum Gasteiger partial charge on any atom is -0.355 e. The summed E-state index contributed by atoms with van der Waals surface area (Å²) in [6, 6.07) is 10.7. The van der Waals surface area contributed by atoms with Gasteiger partial charge in [-0.25, -0.2) is 4.98 Å². The molecule has 1 fully saturated rings. The fourth-order valence-electron chi connectivity index (χ4n) is 3.00. The Hall–Kier alpha value is -1.65. The van der Waals surface area contributed by atoms with Crippen molar-refractivity contribution in [3.05, 3.63) is 35.9 Å². The number of para-hydroxylation sites is 1. The van der Waals surface area contributed by atoms with Crippen LogP contribution in [-0.2, 0) is 6.54 Å². The summed E-state index contributed by atoms with van der Waals surface area (Å²) in [5, 5.41) is 4.50. The molecule has 112 valence electrons. The first-order valence-corrected chi connectivity index (χ1v) is 7.74. The monoisotopic (exact) mass is 284 g/mol. The van der Waals surface area contributed by atoms with Crippen LogP contribution < -0.4 is 10.2 Å². The highest BCUT2D eigenvalue weighted by Gasteiger charge is 2.17. The van der Waals surface area contributed by atoms with Gasteiger partial charge in [0.2, 0.25) is 0 Å². The van der Waals surface area contributed by atoms with Crippen LogP contribution >= 0.6 is 0 Å². The maximum absolute atomic E-state index is 4.95. The number of nitrogens with one attached hydrogen (secondary N) is 1. The smallest absolute Gasteiger partial charge is 0.133 e. The van der Waals surface area contributed by atoms with Crippen LogP contribution in [0, 0.1) is 0 Å². The van der Waals surface area contributed by atoms with E-state index in [1.165, 1.54) is 23.9 Å². The van der Waals surface area contributed by atoms with Crippen molar-refractivity contribution in [3.63, 3.8) is 0 Å². The molecule has 3 rings (SSSR count). The molecular weight excluding hydrogens is 260 g/mol. The second kappa shape index (κ2) is 6.41. The van der Waals surface area contributed by atoms with Gasteiger partial charge < -0.3 is 15.1 Å². The Kier molecular flexibility index (Phi) is 4.36. The minimum atomic E-state index is 0.861. The molecule has 1 N–H and O–H groups in total. The number of aromatic nitrogens is 1. The molecule has 0 unspecified atom stereocenters. The highest BCUT2D eigenvalue weighted by atomic mass is 15.2. The molecule has 0 radical (unpaired) electrons. The van der Waals surface area contributed by atoms with Crippen LogP contribution in [-0.4, -0.2) is 50.2 Å². The molecule has 1 aromatic heterocycles. The maximum Gasteiger partial charge on any atom is 0.133 e. The Labute approximate surface area is 126 Å². The van der Waals surface area contributed by atoms with Gasteiger partial charge in [0.1, 0.15) is 5.82 Å². The van der Waals surface area contributed by atoms with Gasteiger partial charge in [-0.1, -0.05) is 18.2 Å². The Morgan fingerprint density at radius 2 is 2.00 bits per heavy atom. The summed E-state index contributed by atoms with van der Waals surface area (Å²) in [5.74, 6) is 1.15. The van der Waals surface area contributed by atoms with E-state index < -0.39 is 0 Å². The number of nitrogens with zero attached hydrogens (tertiary/aromatic N) is 3. The van der Waals surface area contributed by atoms with Crippen molar-refractivity contribution in [3.8, 4) is 0 Å². The predicted octanol–water partition coefficient (Wildman–Crippen LogP) is 2.10. The van der Waals surface area contributed by atoms with Crippen molar-refractivity contribution in [2.24, 2.45) is 0 Å². The molecule has 0 bridgehead atoms. The lowest BCUT2D eigenvalue weighted by atomic mass is 10.1. The molecule has 0 saturated carbocycles. The summed E-state index contributed by atoms with van der Waals surface area (Å²) >= 11 is 0. The fourth-order valence-corrected chi connectivity index (χ4v) is 3.00. The Morgan fingerprint density at radius 3 is 2.86 bits per heavy atom. The van der Waals surface area contributed by atoms with Crippen LogP contribution in [0.1, 0.15) is 12.0 Å². The molecule has 1 saturated heterocycles. The van der Waals surface area contributed by atoms with Crippen LogP contribution in [0.4, 0.5) is 5.82 Å². The fraction of sp³-hybridized carbons (Fsp3) is 0.471. The van der Waals surface area contributed by atoms with Gasteiger partial charge in [-0.2, -0.15) is 0 Å². The molecule has 4 nitrogen and oxygen atoms in total. The number of hydrogen-bond acceptors (Lipinski definition) is 4. The van der Waals surface area contributed by atoms with E-state index in [0.29, 0.717) is 0 Å². The standard InChI is InChI=1S/C17H24N4/c1-18-13-15-12-14-6-3-4-7-16(14)19-17(15)21-9-5-8-20(2)10-11-21/h3-4,6-7,12,18H,5,8-11,13H2,1-2H3. The highest BCUT2D eigenvalue weighted by Crippen LogP contribution is 2.24. The van der Waals surface area contributed by atoms with Crippen molar-refractivity contribution < 1.29 is 0 Å². The topological polar surface area (TPSA) is 31.4 Å². The summed E-state index contributed by atoms with van der Waals surface area (Å²) in [6.07, 6.45) is 1.20. The zero-order chi connectivity index (χ0) is 14.7. The van der Waals surface area contributed by atoms with Crippen molar-refractivity contribution in [1.82, 2.24) is 15.2 Å². The normalized spacial score (nSPS) is 17.1. The molecule has 21 heavy (non-hydrogen) atoms. The molecule has 1 aliphatic rings. The van der Waals surface area contributed by atoms with Gasteiger partial charge in [-0.3, -0.25) is 0 Å². The zero-order valence-electron chi connectivity index (χ0n) is 13.0. The van der Waals surface area contributed by atoms with Gasteiger partial charge >= 0.3 is 0 Å². The van der Waals surface area contributed by atoms with Gasteiger partial charge in [0.25, 0.3) is 0 Å². The van der Waals surface area contributed by atoms with E-state index >= 15 is 0 Å². The average molecular weight is 284 g/mol. The van der Waals surface area contributed by atoms with E-state index in [4.69, 9.17) is 4.98 Å². The maximum atomic E-state index is 4.95. The number of hydrogen-bond donors (Lipinski definition) is 1. The van der Waals surface area contributed by atoms with E-state index in [0.717, 1.165) is 37.5 Å². The Balaban J connectivity index is 2.00. The van der Waals surface area contributed by atoms with E-state index in [1.54, 1.807) is 0 Å². The molecule has 1 aliphatic heterocycles. The molecule has 2 heterocycles. The quantitative estimate of drug-likeness (QED) is 0.935. The van der Waals surface area contributed by atoms with Gasteiger partial charge in [-0.05, 0) is 39.2 Å². The number of anilines is 1. The number of rotatable bonds is 3. The van der Waals surface area contributed by atoms with Gasteiger partial charge in [0, 0.05) is 37.1 Å². The summed E-state index contributed by atoms with van der Waals surface area (Å²) in [6.45, 7) is 5.28. The van der Waals surface area contributed by atoms with Crippen molar-refractivity contribution in [1.29, 1.82) is 0 Å². The van der Waals surface area contributed by atoms with Crippen LogP contribution in [0.2, 0.25) is 0 Å². The minimum absolute atomic E-state index is 0.861. The predicted molar refractivity (Wildman–Crippen MR) is 88.8 cm³/mol. The first-order chi connectivity index (χ1) is 10.3. The van der Waals surface area contributed by atoms with Crippen molar-refractivity contribution >= 4 is 16.7 Å². The lowest BCUT2D eigenvalue weighted by Gasteiger charge is -2.25. The largest absolute Gasteiger partial charge is 0.355 e. The SMILES string of the molecule is CNCc1cc2ccccc2nc1N1CCCN(C)CC1.